The van der Waals surface area contributed by atoms with Crippen LogP contribution in [0.3, 0.4) is 0 Å². The van der Waals surface area contributed by atoms with Crippen LogP contribution >= 0.6 is 0 Å². The van der Waals surface area contributed by atoms with E-state index < -0.39 is 0 Å². The second-order valence-corrected chi connectivity index (χ2v) is 8.68. The Morgan fingerprint density at radius 3 is 2.23 bits per heavy atom. The molecule has 3 heterocycles. The van der Waals surface area contributed by atoms with Crippen molar-refractivity contribution in [3.63, 3.8) is 0 Å². The third-order valence-corrected chi connectivity index (χ3v) is 6.73. The summed E-state index contributed by atoms with van der Waals surface area (Å²) in [6.45, 7) is 0.451. The van der Waals surface area contributed by atoms with Gasteiger partial charge in [0, 0.05) is 36.5 Å². The molecular formula is C25H26N2O4. The lowest BCUT2D eigenvalue weighted by atomic mass is 9.95. The molecule has 0 N–H and O–H groups in total. The Labute approximate surface area is 181 Å². The average molecular weight is 418 g/mol. The number of hydrogen-bond acceptors (Lipinski definition) is 4. The second kappa shape index (κ2) is 8.17. The number of nitrogens with zero attached hydrogens (tertiary/aromatic N) is 2. The molecule has 6 nitrogen and oxygen atoms in total. The van der Waals surface area contributed by atoms with Crippen LogP contribution in [0.5, 0.6) is 5.75 Å². The van der Waals surface area contributed by atoms with E-state index in [0.717, 1.165) is 18.4 Å². The van der Waals surface area contributed by atoms with Gasteiger partial charge in [-0.15, -0.1) is 0 Å². The molecule has 6 heteroatoms. The van der Waals surface area contributed by atoms with Crippen LogP contribution < -0.4 is 4.74 Å². The molecule has 2 unspecified atom stereocenters. The predicted molar refractivity (Wildman–Crippen MR) is 114 cm³/mol. The molecule has 160 valence electrons. The molecule has 0 saturated carbocycles. The first-order valence-electron chi connectivity index (χ1n) is 11.0. The van der Waals surface area contributed by atoms with Crippen molar-refractivity contribution < 1.29 is 19.1 Å². The summed E-state index contributed by atoms with van der Waals surface area (Å²) < 4.78 is 5.90. The molecule has 2 atom stereocenters. The number of piperidine rings is 1. The predicted octanol–water partition coefficient (Wildman–Crippen LogP) is 3.55. The minimum Gasteiger partial charge on any atom is -0.489 e. The van der Waals surface area contributed by atoms with Gasteiger partial charge in [0.15, 0.2) is 0 Å². The molecule has 2 bridgehead atoms. The van der Waals surface area contributed by atoms with Crippen LogP contribution in [0.4, 0.5) is 0 Å². The van der Waals surface area contributed by atoms with Crippen LogP contribution in [0.15, 0.2) is 54.6 Å². The molecule has 3 aliphatic heterocycles. The van der Waals surface area contributed by atoms with E-state index in [-0.39, 0.29) is 35.8 Å². The Bertz CT molecular complexity index is 976. The highest BCUT2D eigenvalue weighted by Crippen LogP contribution is 2.40. The SMILES string of the molecule is O=C1CCC(=O)N1C1CC2CCC(C1)N2C(=O)c1cccc(OCc2ccccc2)c1. The maximum Gasteiger partial charge on any atom is 0.254 e. The minimum atomic E-state index is -0.0652. The number of rotatable bonds is 5. The van der Waals surface area contributed by atoms with Crippen LogP contribution in [0.25, 0.3) is 0 Å². The zero-order valence-electron chi connectivity index (χ0n) is 17.4. The first-order chi connectivity index (χ1) is 15.1. The maximum absolute atomic E-state index is 13.4. The summed E-state index contributed by atoms with van der Waals surface area (Å²) in [5, 5.41) is 0. The van der Waals surface area contributed by atoms with E-state index in [1.54, 1.807) is 0 Å². The monoisotopic (exact) mass is 418 g/mol. The number of carbonyl (C=O) groups excluding carboxylic acids is 3. The van der Waals surface area contributed by atoms with Gasteiger partial charge < -0.3 is 9.64 Å². The van der Waals surface area contributed by atoms with Crippen LogP contribution in [0.1, 0.15) is 54.4 Å². The first-order valence-corrected chi connectivity index (χ1v) is 11.0. The average Bonchev–Trinajstić information content (AvgIpc) is 3.27. The Kier molecular flexibility index (Phi) is 5.22. The summed E-state index contributed by atoms with van der Waals surface area (Å²) in [5.41, 5.74) is 1.69. The standard InChI is InChI=1S/C25H26N2O4/c28-23-11-12-24(29)27(23)21-14-19-9-10-20(15-21)26(19)25(30)18-7-4-8-22(13-18)31-16-17-5-2-1-3-6-17/h1-8,13,19-21H,9-12,14-16H2. The van der Waals surface area contributed by atoms with Gasteiger partial charge in [-0.2, -0.15) is 0 Å². The molecule has 31 heavy (non-hydrogen) atoms. The third-order valence-electron chi connectivity index (χ3n) is 6.73. The van der Waals surface area contributed by atoms with Crippen LogP contribution in [0.2, 0.25) is 0 Å². The molecule has 2 aromatic carbocycles. The molecule has 0 spiro atoms. The quantitative estimate of drug-likeness (QED) is 0.697. The van der Waals surface area contributed by atoms with Crippen molar-refractivity contribution in [1.82, 2.24) is 9.80 Å². The van der Waals surface area contributed by atoms with Gasteiger partial charge in [0.1, 0.15) is 12.4 Å². The van der Waals surface area contributed by atoms with Crippen LogP contribution in [-0.2, 0) is 16.2 Å². The lowest BCUT2D eigenvalue weighted by Crippen LogP contribution is -2.53. The molecule has 5 rings (SSSR count). The summed E-state index contributed by atoms with van der Waals surface area (Å²) >= 11 is 0. The Balaban J connectivity index is 1.28. The largest absolute Gasteiger partial charge is 0.489 e. The molecule has 0 aliphatic carbocycles. The number of benzene rings is 2. The maximum atomic E-state index is 13.4. The second-order valence-electron chi connectivity index (χ2n) is 8.68. The molecule has 3 fully saturated rings. The number of fused-ring (bicyclic) bond motifs is 2. The van der Waals surface area contributed by atoms with E-state index in [9.17, 15) is 14.4 Å². The Morgan fingerprint density at radius 1 is 0.871 bits per heavy atom. The van der Waals surface area contributed by atoms with Crippen molar-refractivity contribution in [3.05, 3.63) is 65.7 Å². The molecule has 3 aliphatic rings. The third kappa shape index (κ3) is 3.82. The summed E-state index contributed by atoms with van der Waals surface area (Å²) in [5.74, 6) is 0.565. The number of carbonyl (C=O) groups is 3. The number of amides is 3. The Hall–Kier alpha value is -3.15. The van der Waals surface area contributed by atoms with E-state index >= 15 is 0 Å². The highest BCUT2D eigenvalue weighted by Gasteiger charge is 2.47. The molecular weight excluding hydrogens is 392 g/mol. The summed E-state index contributed by atoms with van der Waals surface area (Å²) in [6, 6.07) is 17.4. The van der Waals surface area contributed by atoms with Crippen LogP contribution in [-0.4, -0.2) is 45.6 Å². The summed E-state index contributed by atoms with van der Waals surface area (Å²) in [4.78, 5) is 41.2. The number of hydrogen-bond donors (Lipinski definition) is 0. The van der Waals surface area contributed by atoms with Crippen molar-refractivity contribution in [1.29, 1.82) is 0 Å². The van der Waals surface area contributed by atoms with Gasteiger partial charge in [-0.25, -0.2) is 0 Å². The van der Waals surface area contributed by atoms with Gasteiger partial charge in [-0.05, 0) is 49.4 Å². The van der Waals surface area contributed by atoms with Gasteiger partial charge in [-0.3, -0.25) is 19.3 Å². The van der Waals surface area contributed by atoms with Gasteiger partial charge in [0.25, 0.3) is 5.91 Å². The van der Waals surface area contributed by atoms with E-state index in [1.807, 2.05) is 59.5 Å². The fraction of sp³-hybridized carbons (Fsp3) is 0.400. The first kappa shape index (κ1) is 19.8. The Morgan fingerprint density at radius 2 is 1.55 bits per heavy atom. The summed E-state index contributed by atoms with van der Waals surface area (Å²) in [7, 11) is 0. The summed E-state index contributed by atoms with van der Waals surface area (Å²) in [6.07, 6.45) is 3.86. The van der Waals surface area contributed by atoms with Crippen molar-refractivity contribution in [2.24, 2.45) is 0 Å². The molecule has 0 radical (unpaired) electrons. The zero-order valence-corrected chi connectivity index (χ0v) is 17.4. The number of imide groups is 1. The molecule has 3 saturated heterocycles. The van der Waals surface area contributed by atoms with Gasteiger partial charge in [0.2, 0.25) is 11.8 Å². The van der Waals surface area contributed by atoms with Crippen molar-refractivity contribution in [2.45, 2.75) is 63.3 Å². The van der Waals surface area contributed by atoms with Crippen molar-refractivity contribution in [2.75, 3.05) is 0 Å². The minimum absolute atomic E-state index is 0.00943. The highest BCUT2D eigenvalue weighted by atomic mass is 16.5. The van der Waals surface area contributed by atoms with Gasteiger partial charge >= 0.3 is 0 Å². The number of ether oxygens (including phenoxy) is 1. The van der Waals surface area contributed by atoms with Gasteiger partial charge in [0.05, 0.1) is 0 Å². The zero-order chi connectivity index (χ0) is 21.4. The van der Waals surface area contributed by atoms with E-state index in [1.165, 1.54) is 4.90 Å². The number of likely N-dealkylation sites (tertiary alicyclic amines) is 1. The van der Waals surface area contributed by atoms with Gasteiger partial charge in [-0.1, -0.05) is 36.4 Å². The van der Waals surface area contributed by atoms with E-state index in [2.05, 4.69) is 0 Å². The molecule has 0 aromatic heterocycles. The topological polar surface area (TPSA) is 66.9 Å². The van der Waals surface area contributed by atoms with Crippen molar-refractivity contribution >= 4 is 17.7 Å². The van der Waals surface area contributed by atoms with Crippen molar-refractivity contribution in [3.8, 4) is 5.75 Å². The molecule has 3 amide bonds. The lowest BCUT2D eigenvalue weighted by Gasteiger charge is -2.41. The lowest BCUT2D eigenvalue weighted by molar-refractivity contribution is -0.142. The fourth-order valence-electron chi connectivity index (χ4n) is 5.30. The van der Waals surface area contributed by atoms with E-state index in [0.29, 0.717) is 43.6 Å². The smallest absolute Gasteiger partial charge is 0.254 e. The fourth-order valence-corrected chi connectivity index (χ4v) is 5.30. The van der Waals surface area contributed by atoms with E-state index in [4.69, 9.17) is 4.74 Å². The van der Waals surface area contributed by atoms with Crippen LogP contribution in [0, 0.1) is 0 Å². The molecule has 2 aromatic rings. The highest BCUT2D eigenvalue weighted by molar-refractivity contribution is 6.02. The normalized spacial score (nSPS) is 25.2.